The van der Waals surface area contributed by atoms with Crippen LogP contribution in [0.25, 0.3) is 0 Å². The molecule has 2 N–H and O–H groups in total. The van der Waals surface area contributed by atoms with Crippen molar-refractivity contribution >= 4 is 29.0 Å². The van der Waals surface area contributed by atoms with Crippen LogP contribution >= 0.6 is 0 Å². The smallest absolute Gasteiger partial charge is 0.292 e. The minimum atomic E-state index is -0.428. The van der Waals surface area contributed by atoms with Crippen molar-refractivity contribution in [3.05, 3.63) is 42.2 Å². The number of rotatable bonds is 3. The molecule has 0 atom stereocenters. The summed E-state index contributed by atoms with van der Waals surface area (Å²) in [5.74, 6) is -0.580. The molecule has 23 heavy (non-hydrogen) atoms. The van der Waals surface area contributed by atoms with E-state index < -0.39 is 5.91 Å². The number of hydrogen-bond acceptors (Lipinski definition) is 5. The third-order valence-electron chi connectivity index (χ3n) is 3.31. The summed E-state index contributed by atoms with van der Waals surface area (Å²) in [6.07, 6.45) is 3.20. The number of carbonyl (C=O) groups is 2. The lowest BCUT2D eigenvalue weighted by Crippen LogP contribution is -2.54. The van der Waals surface area contributed by atoms with E-state index in [9.17, 15) is 9.59 Å². The highest BCUT2D eigenvalue weighted by Crippen LogP contribution is 2.15. The summed E-state index contributed by atoms with van der Waals surface area (Å²) < 4.78 is 1.58. The van der Waals surface area contributed by atoms with Crippen LogP contribution in [-0.4, -0.2) is 34.0 Å². The zero-order valence-electron chi connectivity index (χ0n) is 12.8. The maximum Gasteiger partial charge on any atom is 0.292 e. The Hall–Kier alpha value is -3.16. The van der Waals surface area contributed by atoms with Crippen LogP contribution in [0, 0.1) is 6.92 Å². The Bertz CT molecular complexity index is 778. The summed E-state index contributed by atoms with van der Waals surface area (Å²) in [5.41, 5.74) is 5.06. The minimum absolute atomic E-state index is 0.0778. The summed E-state index contributed by atoms with van der Waals surface area (Å²) in [4.78, 5) is 28.2. The number of benzene rings is 1. The highest BCUT2D eigenvalue weighted by molar-refractivity contribution is 6.43. The number of nitrogens with zero attached hydrogens (tertiary/aromatic N) is 4. The normalized spacial score (nSPS) is 14.3. The molecule has 0 aliphatic carbocycles. The number of amides is 2. The van der Waals surface area contributed by atoms with E-state index in [4.69, 9.17) is 0 Å². The van der Waals surface area contributed by atoms with Gasteiger partial charge in [-0.25, -0.2) is 5.01 Å². The van der Waals surface area contributed by atoms with Gasteiger partial charge < -0.3 is 5.32 Å². The number of hydrogen-bond donors (Lipinski definition) is 2. The molecule has 2 heterocycles. The Morgan fingerprint density at radius 1 is 1.30 bits per heavy atom. The maximum absolute atomic E-state index is 12.2. The highest BCUT2D eigenvalue weighted by Gasteiger charge is 2.25. The largest absolute Gasteiger partial charge is 0.317 e. The monoisotopic (exact) mass is 312 g/mol. The molecule has 0 bridgehead atoms. The average molecular weight is 312 g/mol. The van der Waals surface area contributed by atoms with Gasteiger partial charge in [0.15, 0.2) is 0 Å². The zero-order valence-corrected chi connectivity index (χ0v) is 12.8. The fourth-order valence-corrected chi connectivity index (χ4v) is 2.12. The first kappa shape index (κ1) is 14.8. The maximum atomic E-state index is 12.2. The Morgan fingerprint density at radius 2 is 2.04 bits per heavy atom. The number of amidine groups is 1. The summed E-state index contributed by atoms with van der Waals surface area (Å²) in [6, 6.07) is 7.40. The standard InChI is InChI=1S/C15H16N6O2/c1-10-3-5-12(6-4-10)21-13(22)8-16-14(19-21)15(23)18-11-7-17-20(2)9-11/h3-7,9H,8H2,1-2H3,(H,16,19)(H,18,23). The molecule has 8 nitrogen and oxygen atoms in total. The van der Waals surface area contributed by atoms with Crippen molar-refractivity contribution in [1.29, 1.82) is 0 Å². The molecule has 1 aromatic heterocycles. The third kappa shape index (κ3) is 3.20. The van der Waals surface area contributed by atoms with Crippen LogP contribution in [0.15, 0.2) is 41.7 Å². The lowest BCUT2D eigenvalue weighted by Gasteiger charge is -2.27. The molecule has 1 aromatic carbocycles. The summed E-state index contributed by atoms with van der Waals surface area (Å²) in [7, 11) is 1.75. The second kappa shape index (κ2) is 5.91. The predicted molar refractivity (Wildman–Crippen MR) is 85.9 cm³/mol. The van der Waals surface area contributed by atoms with E-state index >= 15 is 0 Å². The third-order valence-corrected chi connectivity index (χ3v) is 3.31. The second-order valence-electron chi connectivity index (χ2n) is 5.20. The summed E-state index contributed by atoms with van der Waals surface area (Å²) in [6.45, 7) is 1.88. The average Bonchev–Trinajstić information content (AvgIpc) is 2.94. The first-order valence-corrected chi connectivity index (χ1v) is 7.03. The van der Waals surface area contributed by atoms with Crippen LogP contribution < -0.4 is 15.8 Å². The molecule has 2 amide bonds. The van der Waals surface area contributed by atoms with Crippen molar-refractivity contribution in [3.8, 4) is 0 Å². The Labute approximate surface area is 132 Å². The molecule has 118 valence electrons. The van der Waals surface area contributed by atoms with Crippen LogP contribution in [-0.2, 0) is 16.6 Å². The SMILES string of the molecule is Cc1ccc(N2NC(C(=O)Nc3cnn(C)c3)=NCC2=O)cc1. The second-order valence-corrected chi connectivity index (χ2v) is 5.20. The minimum Gasteiger partial charge on any atom is -0.317 e. The van der Waals surface area contributed by atoms with E-state index in [0.29, 0.717) is 11.4 Å². The Kier molecular flexibility index (Phi) is 3.80. The Balaban J connectivity index is 1.75. The number of anilines is 2. The van der Waals surface area contributed by atoms with Crippen LogP contribution in [0.2, 0.25) is 0 Å². The topological polar surface area (TPSA) is 91.6 Å². The quantitative estimate of drug-likeness (QED) is 0.869. The van der Waals surface area contributed by atoms with E-state index in [1.165, 1.54) is 11.2 Å². The molecule has 8 heteroatoms. The molecule has 0 saturated carbocycles. The fourth-order valence-electron chi connectivity index (χ4n) is 2.12. The predicted octanol–water partition coefficient (Wildman–Crippen LogP) is 0.617. The highest BCUT2D eigenvalue weighted by atomic mass is 16.2. The van der Waals surface area contributed by atoms with Gasteiger partial charge in [-0.1, -0.05) is 17.7 Å². The van der Waals surface area contributed by atoms with Gasteiger partial charge in [0.1, 0.15) is 6.54 Å². The van der Waals surface area contributed by atoms with Crippen molar-refractivity contribution in [2.75, 3.05) is 16.9 Å². The first-order valence-electron chi connectivity index (χ1n) is 7.03. The number of carbonyl (C=O) groups excluding carboxylic acids is 2. The van der Waals surface area contributed by atoms with Crippen molar-refractivity contribution in [3.63, 3.8) is 0 Å². The van der Waals surface area contributed by atoms with Crippen molar-refractivity contribution in [2.24, 2.45) is 12.0 Å². The lowest BCUT2D eigenvalue weighted by molar-refractivity contribution is -0.118. The molecular formula is C15H16N6O2. The molecule has 0 radical (unpaired) electrons. The number of nitrogens with one attached hydrogen (secondary N) is 2. The van der Waals surface area contributed by atoms with E-state index in [1.807, 2.05) is 31.2 Å². The molecule has 0 fully saturated rings. The van der Waals surface area contributed by atoms with E-state index in [1.54, 1.807) is 17.9 Å². The van der Waals surface area contributed by atoms with Gasteiger partial charge >= 0.3 is 0 Å². The van der Waals surface area contributed by atoms with Gasteiger partial charge in [0.05, 0.1) is 17.6 Å². The molecule has 0 unspecified atom stereocenters. The van der Waals surface area contributed by atoms with Gasteiger partial charge in [-0.15, -0.1) is 0 Å². The molecule has 0 saturated heterocycles. The van der Waals surface area contributed by atoms with Gasteiger partial charge in [-0.3, -0.25) is 24.7 Å². The number of aliphatic imine (C=N–C) groups is 1. The zero-order chi connectivity index (χ0) is 16.4. The van der Waals surface area contributed by atoms with E-state index in [2.05, 4.69) is 20.8 Å². The molecule has 3 rings (SSSR count). The van der Waals surface area contributed by atoms with E-state index in [0.717, 1.165) is 5.56 Å². The van der Waals surface area contributed by atoms with Crippen LogP contribution in [0.5, 0.6) is 0 Å². The summed E-state index contributed by atoms with van der Waals surface area (Å²) >= 11 is 0. The van der Waals surface area contributed by atoms with Gasteiger partial charge in [0.2, 0.25) is 5.84 Å². The molecular weight excluding hydrogens is 296 g/mol. The fraction of sp³-hybridized carbons (Fsp3) is 0.200. The summed E-state index contributed by atoms with van der Waals surface area (Å²) in [5, 5.41) is 7.97. The van der Waals surface area contributed by atoms with Gasteiger partial charge in [0, 0.05) is 13.2 Å². The van der Waals surface area contributed by atoms with Gasteiger partial charge in [-0.2, -0.15) is 5.10 Å². The number of hydrazine groups is 1. The van der Waals surface area contributed by atoms with Crippen molar-refractivity contribution in [1.82, 2.24) is 15.2 Å². The van der Waals surface area contributed by atoms with E-state index in [-0.39, 0.29) is 18.3 Å². The van der Waals surface area contributed by atoms with Crippen molar-refractivity contribution < 1.29 is 9.59 Å². The van der Waals surface area contributed by atoms with Crippen LogP contribution in [0.3, 0.4) is 0 Å². The van der Waals surface area contributed by atoms with Gasteiger partial charge in [-0.05, 0) is 19.1 Å². The molecule has 1 aliphatic rings. The van der Waals surface area contributed by atoms with Gasteiger partial charge in [0.25, 0.3) is 11.8 Å². The molecule has 0 spiro atoms. The number of aryl methyl sites for hydroxylation is 2. The first-order chi connectivity index (χ1) is 11.0. The van der Waals surface area contributed by atoms with Crippen LogP contribution in [0.4, 0.5) is 11.4 Å². The lowest BCUT2D eigenvalue weighted by atomic mass is 10.2. The van der Waals surface area contributed by atoms with Crippen molar-refractivity contribution in [2.45, 2.75) is 6.92 Å². The van der Waals surface area contributed by atoms with Crippen LogP contribution in [0.1, 0.15) is 5.56 Å². The Morgan fingerprint density at radius 3 is 2.70 bits per heavy atom. The number of aromatic nitrogens is 2. The molecule has 1 aliphatic heterocycles. The molecule has 2 aromatic rings.